The van der Waals surface area contributed by atoms with E-state index in [0.717, 1.165) is 17.2 Å². The van der Waals surface area contributed by atoms with Gasteiger partial charge in [0.05, 0.1) is 22.9 Å². The van der Waals surface area contributed by atoms with Crippen molar-refractivity contribution in [3.8, 4) is 0 Å². The molecule has 7 heteroatoms. The molecular formula is C17H15ClF3NO2. The molecule has 0 atom stereocenters. The fourth-order valence-corrected chi connectivity index (χ4v) is 2.21. The van der Waals surface area contributed by atoms with Crippen LogP contribution in [0.2, 0.25) is 5.02 Å². The summed E-state index contributed by atoms with van der Waals surface area (Å²) >= 11 is 5.56. The van der Waals surface area contributed by atoms with E-state index in [4.69, 9.17) is 21.5 Å². The third-order valence-electron chi connectivity index (χ3n) is 3.32. The summed E-state index contributed by atoms with van der Waals surface area (Å²) in [5, 5.41) is 12.5. The molecule has 0 bridgehead atoms. The average molecular weight is 358 g/mol. The maximum atomic E-state index is 12.8. The van der Waals surface area contributed by atoms with Crippen molar-refractivity contribution in [3.05, 3.63) is 69.7 Å². The van der Waals surface area contributed by atoms with Gasteiger partial charge in [0.1, 0.15) is 6.61 Å². The van der Waals surface area contributed by atoms with Crippen LogP contribution in [0.5, 0.6) is 0 Å². The molecule has 0 aliphatic carbocycles. The van der Waals surface area contributed by atoms with Gasteiger partial charge in [0, 0.05) is 0 Å². The molecule has 0 spiro atoms. The molecule has 2 aromatic rings. The van der Waals surface area contributed by atoms with Crippen molar-refractivity contribution in [2.45, 2.75) is 26.3 Å². The van der Waals surface area contributed by atoms with E-state index in [0.29, 0.717) is 11.3 Å². The van der Waals surface area contributed by atoms with E-state index >= 15 is 0 Å². The topological polar surface area (TPSA) is 41.8 Å². The lowest BCUT2D eigenvalue weighted by Crippen LogP contribution is -2.07. The summed E-state index contributed by atoms with van der Waals surface area (Å²) in [4.78, 5) is 5.13. The Hall–Kier alpha value is -2.05. The van der Waals surface area contributed by atoms with Crippen molar-refractivity contribution >= 4 is 17.3 Å². The minimum absolute atomic E-state index is 0.0505. The molecular weight excluding hydrogens is 343 g/mol. The number of aliphatic hydroxyl groups excluding tert-OH is 1. The molecule has 0 amide bonds. The van der Waals surface area contributed by atoms with E-state index in [1.165, 1.54) is 12.1 Å². The zero-order chi connectivity index (χ0) is 17.7. The Labute approximate surface area is 142 Å². The third-order valence-corrected chi connectivity index (χ3v) is 3.65. The zero-order valence-electron chi connectivity index (χ0n) is 12.8. The summed E-state index contributed by atoms with van der Waals surface area (Å²) in [6, 6.07) is 10.6. The van der Waals surface area contributed by atoms with Gasteiger partial charge in [0.15, 0.2) is 0 Å². The lowest BCUT2D eigenvalue weighted by molar-refractivity contribution is -0.137. The van der Waals surface area contributed by atoms with Crippen molar-refractivity contribution < 1.29 is 23.1 Å². The van der Waals surface area contributed by atoms with Gasteiger partial charge in [-0.1, -0.05) is 47.1 Å². The predicted octanol–water partition coefficient (Wildman–Crippen LogP) is 4.79. The first-order valence-electron chi connectivity index (χ1n) is 7.03. The van der Waals surface area contributed by atoms with Gasteiger partial charge >= 0.3 is 6.18 Å². The van der Waals surface area contributed by atoms with Crippen LogP contribution in [0.3, 0.4) is 0 Å². The monoisotopic (exact) mass is 357 g/mol. The van der Waals surface area contributed by atoms with E-state index in [2.05, 4.69) is 5.16 Å². The van der Waals surface area contributed by atoms with Crippen LogP contribution in [0.25, 0.3) is 0 Å². The maximum Gasteiger partial charge on any atom is 0.417 e. The summed E-state index contributed by atoms with van der Waals surface area (Å²) in [6.45, 7) is 1.56. The third kappa shape index (κ3) is 4.72. The van der Waals surface area contributed by atoms with Crippen LogP contribution >= 0.6 is 11.6 Å². The molecule has 0 aliphatic heterocycles. The van der Waals surface area contributed by atoms with Gasteiger partial charge in [-0.2, -0.15) is 13.2 Å². The van der Waals surface area contributed by atoms with E-state index in [1.54, 1.807) is 31.2 Å². The van der Waals surface area contributed by atoms with Crippen molar-refractivity contribution in [1.29, 1.82) is 0 Å². The van der Waals surface area contributed by atoms with Gasteiger partial charge in [-0.3, -0.25) is 0 Å². The smallest absolute Gasteiger partial charge is 0.392 e. The fourth-order valence-electron chi connectivity index (χ4n) is 1.99. The predicted molar refractivity (Wildman–Crippen MR) is 85.8 cm³/mol. The minimum atomic E-state index is -4.51. The largest absolute Gasteiger partial charge is 0.417 e. The number of hydrogen-bond acceptors (Lipinski definition) is 3. The molecule has 0 saturated carbocycles. The Morgan fingerprint density at radius 1 is 1.12 bits per heavy atom. The number of rotatable bonds is 5. The molecule has 0 heterocycles. The van der Waals surface area contributed by atoms with Crippen LogP contribution in [0.15, 0.2) is 47.6 Å². The molecule has 0 radical (unpaired) electrons. The first-order valence-corrected chi connectivity index (χ1v) is 7.41. The van der Waals surface area contributed by atoms with Crippen LogP contribution in [0, 0.1) is 0 Å². The quantitative estimate of drug-likeness (QED) is 0.617. The molecule has 0 saturated heterocycles. The Balaban J connectivity index is 2.05. The van der Waals surface area contributed by atoms with E-state index in [1.807, 2.05) is 0 Å². The number of benzene rings is 2. The van der Waals surface area contributed by atoms with Crippen LogP contribution < -0.4 is 0 Å². The van der Waals surface area contributed by atoms with Gasteiger partial charge < -0.3 is 9.94 Å². The van der Waals surface area contributed by atoms with Gasteiger partial charge in [0.2, 0.25) is 0 Å². The summed E-state index contributed by atoms with van der Waals surface area (Å²) in [5.41, 5.74) is 1.56. The highest BCUT2D eigenvalue weighted by Crippen LogP contribution is 2.35. The SMILES string of the molecule is CC(=NOCc1ccc(Cl)c(C(F)(F)F)c1)c1ccc(CO)cc1. The highest BCUT2D eigenvalue weighted by molar-refractivity contribution is 6.31. The first-order chi connectivity index (χ1) is 11.3. The van der Waals surface area contributed by atoms with Crippen molar-refractivity contribution in [1.82, 2.24) is 0 Å². The highest BCUT2D eigenvalue weighted by Gasteiger charge is 2.33. The average Bonchev–Trinajstić information content (AvgIpc) is 2.55. The van der Waals surface area contributed by atoms with Crippen molar-refractivity contribution in [2.24, 2.45) is 5.16 Å². The number of oxime groups is 1. The van der Waals surface area contributed by atoms with Gasteiger partial charge in [0.25, 0.3) is 0 Å². The highest BCUT2D eigenvalue weighted by atomic mass is 35.5. The van der Waals surface area contributed by atoms with E-state index in [-0.39, 0.29) is 18.2 Å². The summed E-state index contributed by atoms with van der Waals surface area (Å²) in [6.07, 6.45) is -4.51. The van der Waals surface area contributed by atoms with Gasteiger partial charge in [-0.05, 0) is 35.7 Å². The molecule has 0 aliphatic rings. The second-order valence-corrected chi connectivity index (χ2v) is 5.52. The number of aliphatic hydroxyl groups is 1. The second-order valence-electron chi connectivity index (χ2n) is 5.12. The number of halogens is 4. The molecule has 2 rings (SSSR count). The molecule has 2 aromatic carbocycles. The Kier molecular flexibility index (Phi) is 5.85. The molecule has 24 heavy (non-hydrogen) atoms. The van der Waals surface area contributed by atoms with Crippen LogP contribution in [0.4, 0.5) is 13.2 Å². The summed E-state index contributed by atoms with van der Waals surface area (Å²) < 4.78 is 38.4. The summed E-state index contributed by atoms with van der Waals surface area (Å²) in [5.74, 6) is 0. The lowest BCUT2D eigenvalue weighted by atomic mass is 10.1. The van der Waals surface area contributed by atoms with E-state index in [9.17, 15) is 13.2 Å². The molecule has 128 valence electrons. The molecule has 0 aromatic heterocycles. The molecule has 0 fully saturated rings. The Bertz CT molecular complexity index is 728. The van der Waals surface area contributed by atoms with Gasteiger partial charge in [-0.15, -0.1) is 0 Å². The number of hydrogen-bond donors (Lipinski definition) is 1. The standard InChI is InChI=1S/C17H15ClF3NO2/c1-11(14-5-2-12(9-23)3-6-14)22-24-10-13-4-7-16(18)15(8-13)17(19,20)21/h2-8,23H,9-10H2,1H3. The van der Waals surface area contributed by atoms with Crippen LogP contribution in [0.1, 0.15) is 29.2 Å². The zero-order valence-corrected chi connectivity index (χ0v) is 13.5. The minimum Gasteiger partial charge on any atom is -0.392 e. The van der Waals surface area contributed by atoms with Crippen LogP contribution in [-0.4, -0.2) is 10.8 Å². The molecule has 1 N–H and O–H groups in total. The second kappa shape index (κ2) is 7.68. The van der Waals surface area contributed by atoms with Crippen molar-refractivity contribution in [3.63, 3.8) is 0 Å². The molecule has 3 nitrogen and oxygen atoms in total. The summed E-state index contributed by atoms with van der Waals surface area (Å²) in [7, 11) is 0. The Morgan fingerprint density at radius 3 is 2.33 bits per heavy atom. The van der Waals surface area contributed by atoms with Crippen LogP contribution in [-0.2, 0) is 24.2 Å². The Morgan fingerprint density at radius 2 is 1.75 bits per heavy atom. The van der Waals surface area contributed by atoms with E-state index < -0.39 is 11.7 Å². The maximum absolute atomic E-state index is 12.8. The number of nitrogens with zero attached hydrogens (tertiary/aromatic N) is 1. The van der Waals surface area contributed by atoms with Crippen molar-refractivity contribution in [2.75, 3.05) is 0 Å². The lowest BCUT2D eigenvalue weighted by Gasteiger charge is -2.10. The first kappa shape index (κ1) is 18.3. The fraction of sp³-hybridized carbons (Fsp3) is 0.235. The van der Waals surface area contributed by atoms with Gasteiger partial charge in [-0.25, -0.2) is 0 Å². The molecule has 0 unspecified atom stereocenters. The number of alkyl halides is 3. The normalized spacial score (nSPS) is 12.3.